The molecular formula is C11H14FIO. The maximum Gasteiger partial charge on any atom is 0.143 e. The predicted molar refractivity (Wildman–Crippen MR) is 64.2 cm³/mol. The molecule has 0 aliphatic carbocycles. The SMILES string of the molecule is Cc1c(C(C)(C)C)cc(O)c(I)c1F. The van der Waals surface area contributed by atoms with Crippen LogP contribution in [0.5, 0.6) is 5.75 Å². The van der Waals surface area contributed by atoms with Crippen LogP contribution in [0.1, 0.15) is 31.9 Å². The van der Waals surface area contributed by atoms with Gasteiger partial charge in [-0.15, -0.1) is 0 Å². The van der Waals surface area contributed by atoms with Crippen LogP contribution in [-0.2, 0) is 5.41 Å². The average molecular weight is 308 g/mol. The highest BCUT2D eigenvalue weighted by Crippen LogP contribution is 2.34. The molecule has 0 unspecified atom stereocenters. The first kappa shape index (κ1) is 11.8. The Bertz CT molecular complexity index is 367. The number of phenols is 1. The van der Waals surface area contributed by atoms with Crippen LogP contribution in [0.15, 0.2) is 6.07 Å². The molecule has 1 rings (SSSR count). The minimum atomic E-state index is -0.310. The standard InChI is InChI=1S/C11H14FIO/c1-6-7(11(2,3)4)5-8(14)10(13)9(6)12/h5,14H,1-4H3. The zero-order chi connectivity index (χ0) is 11.1. The molecule has 0 heterocycles. The van der Waals surface area contributed by atoms with Crippen LogP contribution in [-0.4, -0.2) is 5.11 Å². The third kappa shape index (κ3) is 2.02. The predicted octanol–water partition coefficient (Wildman–Crippen LogP) is 3.74. The summed E-state index contributed by atoms with van der Waals surface area (Å²) in [5.41, 5.74) is 1.33. The number of benzene rings is 1. The van der Waals surface area contributed by atoms with Gasteiger partial charge in [0.1, 0.15) is 11.6 Å². The largest absolute Gasteiger partial charge is 0.507 e. The molecular weight excluding hydrogens is 294 g/mol. The number of aromatic hydroxyl groups is 1. The van der Waals surface area contributed by atoms with E-state index in [0.717, 1.165) is 5.56 Å². The highest BCUT2D eigenvalue weighted by molar-refractivity contribution is 14.1. The first-order valence-corrected chi connectivity index (χ1v) is 5.51. The van der Waals surface area contributed by atoms with Gasteiger partial charge >= 0.3 is 0 Å². The van der Waals surface area contributed by atoms with Crippen molar-refractivity contribution in [2.45, 2.75) is 33.1 Å². The van der Waals surface area contributed by atoms with Crippen LogP contribution >= 0.6 is 22.6 Å². The zero-order valence-corrected chi connectivity index (χ0v) is 10.9. The van der Waals surface area contributed by atoms with Crippen LogP contribution in [0, 0.1) is 16.3 Å². The van der Waals surface area contributed by atoms with Gasteiger partial charge in [0.15, 0.2) is 0 Å². The average Bonchev–Trinajstić information content (AvgIpc) is 2.06. The van der Waals surface area contributed by atoms with Gasteiger partial charge in [-0.3, -0.25) is 0 Å². The lowest BCUT2D eigenvalue weighted by atomic mass is 9.84. The summed E-state index contributed by atoms with van der Waals surface area (Å²) in [6.45, 7) is 7.75. The fourth-order valence-electron chi connectivity index (χ4n) is 1.48. The van der Waals surface area contributed by atoms with Gasteiger partial charge in [0, 0.05) is 0 Å². The normalized spacial score (nSPS) is 11.9. The van der Waals surface area contributed by atoms with Crippen molar-refractivity contribution in [2.24, 2.45) is 0 Å². The Labute approximate surface area is 97.5 Å². The van der Waals surface area contributed by atoms with Crippen molar-refractivity contribution in [1.82, 2.24) is 0 Å². The number of halogens is 2. The minimum Gasteiger partial charge on any atom is -0.507 e. The second-order valence-electron chi connectivity index (χ2n) is 4.45. The van der Waals surface area contributed by atoms with Crippen LogP contribution < -0.4 is 0 Å². The Balaban J connectivity index is 3.49. The molecule has 0 saturated carbocycles. The second-order valence-corrected chi connectivity index (χ2v) is 5.52. The van der Waals surface area contributed by atoms with Gasteiger partial charge in [0.2, 0.25) is 0 Å². The highest BCUT2D eigenvalue weighted by Gasteiger charge is 2.21. The summed E-state index contributed by atoms with van der Waals surface area (Å²) in [5.74, 6) is -0.283. The van der Waals surface area contributed by atoms with Gasteiger partial charge < -0.3 is 5.11 Å². The molecule has 0 spiro atoms. The molecule has 0 atom stereocenters. The molecule has 0 bridgehead atoms. The molecule has 78 valence electrons. The quantitative estimate of drug-likeness (QED) is 0.724. The molecule has 0 amide bonds. The lowest BCUT2D eigenvalue weighted by molar-refractivity contribution is 0.456. The number of phenolic OH excluding ortho intramolecular Hbond substituents is 1. The van der Waals surface area contributed by atoms with Crippen molar-refractivity contribution in [3.05, 3.63) is 26.6 Å². The van der Waals surface area contributed by atoms with Crippen LogP contribution in [0.25, 0.3) is 0 Å². The number of hydrogen-bond acceptors (Lipinski definition) is 1. The van der Waals surface area contributed by atoms with E-state index >= 15 is 0 Å². The Morgan fingerprint density at radius 1 is 1.36 bits per heavy atom. The molecule has 0 saturated heterocycles. The van der Waals surface area contributed by atoms with E-state index < -0.39 is 0 Å². The second kappa shape index (κ2) is 3.68. The van der Waals surface area contributed by atoms with Gasteiger partial charge in [-0.1, -0.05) is 20.8 Å². The summed E-state index contributed by atoms with van der Waals surface area (Å²) >= 11 is 1.81. The summed E-state index contributed by atoms with van der Waals surface area (Å²) in [5, 5.41) is 9.52. The molecule has 0 aliphatic rings. The fourth-order valence-corrected chi connectivity index (χ4v) is 2.04. The van der Waals surface area contributed by atoms with Gasteiger partial charge in [-0.05, 0) is 52.1 Å². The van der Waals surface area contributed by atoms with Gasteiger partial charge in [-0.2, -0.15) is 0 Å². The summed E-state index contributed by atoms with van der Waals surface area (Å²) in [4.78, 5) is 0. The lowest BCUT2D eigenvalue weighted by Crippen LogP contribution is -2.14. The van der Waals surface area contributed by atoms with Crippen LogP contribution in [0.2, 0.25) is 0 Å². The monoisotopic (exact) mass is 308 g/mol. The minimum absolute atomic E-state index is 0.0265. The Morgan fingerprint density at radius 3 is 2.29 bits per heavy atom. The summed E-state index contributed by atoms with van der Waals surface area (Å²) in [6, 6.07) is 1.65. The maximum atomic E-state index is 13.6. The van der Waals surface area contributed by atoms with Crippen molar-refractivity contribution in [2.75, 3.05) is 0 Å². The Kier molecular flexibility index (Phi) is 3.09. The molecule has 1 nitrogen and oxygen atoms in total. The first-order valence-electron chi connectivity index (χ1n) is 4.43. The molecule has 0 aromatic heterocycles. The number of rotatable bonds is 0. The Morgan fingerprint density at radius 2 is 1.86 bits per heavy atom. The van der Waals surface area contributed by atoms with Crippen LogP contribution in [0.4, 0.5) is 4.39 Å². The summed E-state index contributed by atoms with van der Waals surface area (Å²) in [7, 11) is 0. The van der Waals surface area contributed by atoms with Gasteiger partial charge in [-0.25, -0.2) is 4.39 Å². The van der Waals surface area contributed by atoms with E-state index in [1.54, 1.807) is 13.0 Å². The molecule has 0 aliphatic heterocycles. The van der Waals surface area contributed by atoms with E-state index in [0.29, 0.717) is 9.13 Å². The summed E-state index contributed by atoms with van der Waals surface area (Å²) in [6.07, 6.45) is 0. The van der Waals surface area contributed by atoms with E-state index in [1.165, 1.54) is 0 Å². The van der Waals surface area contributed by atoms with Crippen molar-refractivity contribution < 1.29 is 9.50 Å². The van der Waals surface area contributed by atoms with Crippen molar-refractivity contribution in [1.29, 1.82) is 0 Å². The molecule has 3 heteroatoms. The van der Waals surface area contributed by atoms with E-state index in [4.69, 9.17) is 0 Å². The Hall–Kier alpha value is -0.320. The van der Waals surface area contributed by atoms with Crippen LogP contribution in [0.3, 0.4) is 0 Å². The van der Waals surface area contributed by atoms with Gasteiger partial charge in [0.05, 0.1) is 3.57 Å². The molecule has 1 aromatic carbocycles. The van der Waals surface area contributed by atoms with Gasteiger partial charge in [0.25, 0.3) is 0 Å². The van der Waals surface area contributed by atoms with Crippen molar-refractivity contribution in [3.63, 3.8) is 0 Å². The zero-order valence-electron chi connectivity index (χ0n) is 8.78. The molecule has 1 aromatic rings. The van der Waals surface area contributed by atoms with E-state index in [9.17, 15) is 9.50 Å². The first-order chi connectivity index (χ1) is 6.25. The molecule has 1 N–H and O–H groups in total. The van der Waals surface area contributed by atoms with E-state index in [2.05, 4.69) is 0 Å². The fraction of sp³-hybridized carbons (Fsp3) is 0.455. The highest BCUT2D eigenvalue weighted by atomic mass is 127. The molecule has 14 heavy (non-hydrogen) atoms. The lowest BCUT2D eigenvalue weighted by Gasteiger charge is -2.22. The topological polar surface area (TPSA) is 20.2 Å². The summed E-state index contributed by atoms with van der Waals surface area (Å²) < 4.78 is 13.9. The molecule has 0 radical (unpaired) electrons. The smallest absolute Gasteiger partial charge is 0.143 e. The van der Waals surface area contributed by atoms with Crippen molar-refractivity contribution in [3.8, 4) is 5.75 Å². The molecule has 0 fully saturated rings. The van der Waals surface area contributed by atoms with E-state index in [-0.39, 0.29) is 17.0 Å². The number of hydrogen-bond donors (Lipinski definition) is 1. The van der Waals surface area contributed by atoms with Crippen molar-refractivity contribution >= 4 is 22.6 Å². The third-order valence-corrected chi connectivity index (χ3v) is 3.27. The van der Waals surface area contributed by atoms with E-state index in [1.807, 2.05) is 43.4 Å². The third-order valence-electron chi connectivity index (χ3n) is 2.24. The maximum absolute atomic E-state index is 13.6.